The lowest BCUT2D eigenvalue weighted by atomic mass is 9.99. The number of aromatic nitrogens is 2. The lowest BCUT2D eigenvalue weighted by Gasteiger charge is -2.30. The summed E-state index contributed by atoms with van der Waals surface area (Å²) in [4.78, 5) is 31.6. The van der Waals surface area contributed by atoms with Crippen molar-refractivity contribution in [2.24, 2.45) is 5.73 Å². The van der Waals surface area contributed by atoms with Gasteiger partial charge in [0.15, 0.2) is 0 Å². The quantitative estimate of drug-likeness (QED) is 0.751. The molecule has 3 aromatic rings. The van der Waals surface area contributed by atoms with E-state index < -0.39 is 0 Å². The van der Waals surface area contributed by atoms with Crippen molar-refractivity contribution in [2.45, 2.75) is 25.9 Å². The van der Waals surface area contributed by atoms with Crippen molar-refractivity contribution in [1.29, 1.82) is 0 Å². The first-order valence-corrected chi connectivity index (χ1v) is 8.74. The van der Waals surface area contributed by atoms with E-state index in [9.17, 15) is 9.59 Å². The fraction of sp³-hybridized carbons (Fsp3) is 0.250. The van der Waals surface area contributed by atoms with E-state index in [1.165, 1.54) is 10.9 Å². The Balaban J connectivity index is 0.00000210. The maximum atomic E-state index is 12.9. The van der Waals surface area contributed by atoms with Crippen LogP contribution >= 0.6 is 12.4 Å². The summed E-state index contributed by atoms with van der Waals surface area (Å²) in [6.45, 7) is 1.12. The molecular formula is C20H21ClN4O2. The first-order chi connectivity index (χ1) is 12.7. The van der Waals surface area contributed by atoms with Gasteiger partial charge in [-0.3, -0.25) is 14.2 Å². The lowest BCUT2D eigenvalue weighted by molar-refractivity contribution is -0.119. The number of amides is 1. The number of para-hydroxylation sites is 1. The number of aryl methyl sites for hydroxylation is 1. The molecule has 1 aliphatic rings. The van der Waals surface area contributed by atoms with Gasteiger partial charge < -0.3 is 10.6 Å². The van der Waals surface area contributed by atoms with Crippen LogP contribution in [0.5, 0.6) is 0 Å². The SMILES string of the molecule is Cl.NCc1ccc2c(c1)CCCN2C(=O)Cn1cnc2ccccc2c1=O. The number of rotatable bonds is 3. The highest BCUT2D eigenvalue weighted by Crippen LogP contribution is 2.28. The Kier molecular flexibility index (Phi) is 5.58. The molecule has 1 aromatic heterocycles. The monoisotopic (exact) mass is 384 g/mol. The smallest absolute Gasteiger partial charge is 0.261 e. The van der Waals surface area contributed by atoms with E-state index in [2.05, 4.69) is 11.1 Å². The number of anilines is 1. The van der Waals surface area contributed by atoms with E-state index in [1.54, 1.807) is 23.1 Å². The van der Waals surface area contributed by atoms with Crippen molar-refractivity contribution in [3.63, 3.8) is 0 Å². The third-order valence-corrected chi connectivity index (χ3v) is 4.84. The van der Waals surface area contributed by atoms with Gasteiger partial charge in [0.25, 0.3) is 5.56 Å². The largest absolute Gasteiger partial charge is 0.326 e. The molecule has 1 amide bonds. The highest BCUT2D eigenvalue weighted by atomic mass is 35.5. The van der Waals surface area contributed by atoms with Crippen molar-refractivity contribution in [1.82, 2.24) is 9.55 Å². The van der Waals surface area contributed by atoms with Gasteiger partial charge in [-0.15, -0.1) is 12.4 Å². The van der Waals surface area contributed by atoms with Crippen molar-refractivity contribution >= 4 is 34.9 Å². The molecule has 0 unspecified atom stereocenters. The summed E-state index contributed by atoms with van der Waals surface area (Å²) in [6.07, 6.45) is 3.28. The van der Waals surface area contributed by atoms with Gasteiger partial charge >= 0.3 is 0 Å². The Morgan fingerprint density at radius 1 is 1.19 bits per heavy atom. The number of hydrogen-bond donors (Lipinski definition) is 1. The minimum absolute atomic E-state index is 0. The number of nitrogens with two attached hydrogens (primary N) is 1. The van der Waals surface area contributed by atoms with Crippen LogP contribution in [-0.2, 0) is 24.3 Å². The third-order valence-electron chi connectivity index (χ3n) is 4.84. The summed E-state index contributed by atoms with van der Waals surface area (Å²) in [7, 11) is 0. The number of benzene rings is 2. The van der Waals surface area contributed by atoms with E-state index in [0.29, 0.717) is 24.0 Å². The summed E-state index contributed by atoms with van der Waals surface area (Å²) in [5.41, 5.74) is 9.27. The Labute approximate surface area is 163 Å². The van der Waals surface area contributed by atoms with E-state index in [-0.39, 0.29) is 30.4 Å². The minimum Gasteiger partial charge on any atom is -0.326 e. The molecule has 2 heterocycles. The van der Waals surface area contributed by atoms with Crippen LogP contribution < -0.4 is 16.2 Å². The molecule has 0 atom stereocenters. The van der Waals surface area contributed by atoms with Gasteiger partial charge in [-0.25, -0.2) is 4.98 Å². The molecule has 27 heavy (non-hydrogen) atoms. The summed E-state index contributed by atoms with van der Waals surface area (Å²) in [6, 6.07) is 13.1. The minimum atomic E-state index is -0.195. The average molecular weight is 385 g/mol. The van der Waals surface area contributed by atoms with Crippen LogP contribution in [0, 0.1) is 0 Å². The topological polar surface area (TPSA) is 81.2 Å². The number of fused-ring (bicyclic) bond motifs is 2. The second kappa shape index (κ2) is 7.90. The molecule has 0 saturated heterocycles. The van der Waals surface area contributed by atoms with Crippen molar-refractivity contribution in [3.8, 4) is 0 Å². The molecule has 4 rings (SSSR count). The predicted molar refractivity (Wildman–Crippen MR) is 108 cm³/mol. The molecule has 0 fully saturated rings. The summed E-state index contributed by atoms with van der Waals surface area (Å²) >= 11 is 0. The first kappa shape index (κ1) is 19.1. The van der Waals surface area contributed by atoms with Crippen molar-refractivity contribution < 1.29 is 4.79 Å². The van der Waals surface area contributed by atoms with Gasteiger partial charge in [-0.2, -0.15) is 0 Å². The van der Waals surface area contributed by atoms with Gasteiger partial charge in [-0.05, 0) is 42.2 Å². The van der Waals surface area contributed by atoms with Crippen LogP contribution in [0.15, 0.2) is 53.6 Å². The van der Waals surface area contributed by atoms with Gasteiger partial charge in [0.1, 0.15) is 6.54 Å². The van der Waals surface area contributed by atoms with Crippen molar-refractivity contribution in [3.05, 3.63) is 70.3 Å². The number of hydrogen-bond acceptors (Lipinski definition) is 4. The Morgan fingerprint density at radius 3 is 2.81 bits per heavy atom. The number of nitrogens with zero attached hydrogens (tertiary/aromatic N) is 3. The summed E-state index contributed by atoms with van der Waals surface area (Å²) < 4.78 is 1.38. The van der Waals surface area contributed by atoms with Crippen LogP contribution in [0.3, 0.4) is 0 Å². The zero-order chi connectivity index (χ0) is 18.1. The fourth-order valence-corrected chi connectivity index (χ4v) is 3.49. The molecule has 0 saturated carbocycles. The Morgan fingerprint density at radius 2 is 2.00 bits per heavy atom. The number of carbonyl (C=O) groups excluding carboxylic acids is 1. The molecular weight excluding hydrogens is 364 g/mol. The average Bonchev–Trinajstić information content (AvgIpc) is 2.69. The van der Waals surface area contributed by atoms with Gasteiger partial charge in [0, 0.05) is 18.8 Å². The molecule has 1 aliphatic heterocycles. The van der Waals surface area contributed by atoms with Gasteiger partial charge in [0.05, 0.1) is 17.2 Å². The second-order valence-corrected chi connectivity index (χ2v) is 6.51. The highest BCUT2D eigenvalue weighted by molar-refractivity contribution is 5.94. The fourth-order valence-electron chi connectivity index (χ4n) is 3.49. The number of carbonyl (C=O) groups is 1. The van der Waals surface area contributed by atoms with E-state index in [4.69, 9.17) is 5.73 Å². The molecule has 0 bridgehead atoms. The molecule has 0 radical (unpaired) electrons. The standard InChI is InChI=1S/C20H20N4O2.ClH/c21-11-14-7-8-18-15(10-14)4-3-9-24(18)19(25)12-23-13-22-17-6-2-1-5-16(17)20(23)26;/h1-2,5-8,10,13H,3-4,9,11-12,21H2;1H. The maximum Gasteiger partial charge on any atom is 0.261 e. The first-order valence-electron chi connectivity index (χ1n) is 8.74. The summed E-state index contributed by atoms with van der Waals surface area (Å²) in [5, 5.41) is 0.523. The zero-order valence-electron chi connectivity index (χ0n) is 14.8. The molecule has 2 aromatic carbocycles. The lowest BCUT2D eigenvalue weighted by Crippen LogP contribution is -2.39. The third kappa shape index (κ3) is 3.59. The van der Waals surface area contributed by atoms with Crippen LogP contribution in [0.4, 0.5) is 5.69 Å². The van der Waals surface area contributed by atoms with E-state index >= 15 is 0 Å². The number of halogens is 1. The van der Waals surface area contributed by atoms with Crippen LogP contribution in [0.25, 0.3) is 10.9 Å². The molecule has 0 aliphatic carbocycles. The predicted octanol–water partition coefficient (Wildman–Crippen LogP) is 2.26. The normalized spacial score (nSPS) is 13.1. The highest BCUT2D eigenvalue weighted by Gasteiger charge is 2.23. The Bertz CT molecular complexity index is 1050. The summed E-state index contributed by atoms with van der Waals surface area (Å²) in [5.74, 6) is -0.106. The second-order valence-electron chi connectivity index (χ2n) is 6.51. The maximum absolute atomic E-state index is 12.9. The zero-order valence-corrected chi connectivity index (χ0v) is 15.6. The van der Waals surface area contributed by atoms with Crippen molar-refractivity contribution in [2.75, 3.05) is 11.4 Å². The molecule has 140 valence electrons. The molecule has 6 nitrogen and oxygen atoms in total. The van der Waals surface area contributed by atoms with Crippen LogP contribution in [-0.4, -0.2) is 22.0 Å². The molecule has 7 heteroatoms. The molecule has 0 spiro atoms. The van der Waals surface area contributed by atoms with Gasteiger partial charge in [0.2, 0.25) is 5.91 Å². The van der Waals surface area contributed by atoms with E-state index in [1.807, 2.05) is 18.2 Å². The van der Waals surface area contributed by atoms with Crippen LogP contribution in [0.1, 0.15) is 17.5 Å². The van der Waals surface area contributed by atoms with E-state index in [0.717, 1.165) is 29.7 Å². The Hall–Kier alpha value is -2.70. The van der Waals surface area contributed by atoms with Crippen LogP contribution in [0.2, 0.25) is 0 Å². The molecule has 2 N–H and O–H groups in total. The van der Waals surface area contributed by atoms with Gasteiger partial charge in [-0.1, -0.05) is 24.3 Å².